The lowest BCUT2D eigenvalue weighted by Gasteiger charge is -2.18. The molecular weight excluding hydrogens is 308 g/mol. The molecular formula is C11H11ClN2O5S. The van der Waals surface area contributed by atoms with E-state index in [1.807, 2.05) is 0 Å². The zero-order valence-corrected chi connectivity index (χ0v) is 11.7. The first-order chi connectivity index (χ1) is 9.20. The molecule has 1 aliphatic rings. The maximum atomic E-state index is 11.8. The summed E-state index contributed by atoms with van der Waals surface area (Å²) in [5.41, 5.74) is 0.251. The maximum Gasteiger partial charge on any atom is 0.335 e. The van der Waals surface area contributed by atoms with Crippen LogP contribution in [0.15, 0.2) is 18.2 Å². The van der Waals surface area contributed by atoms with Crippen molar-refractivity contribution in [2.45, 2.75) is 11.7 Å². The first kappa shape index (κ1) is 14.8. The summed E-state index contributed by atoms with van der Waals surface area (Å²) in [6.45, 7) is -0.0934. The highest BCUT2D eigenvalue weighted by molar-refractivity contribution is 7.89. The van der Waals surface area contributed by atoms with Crippen molar-refractivity contribution in [3.8, 4) is 0 Å². The number of hydrogen-bond acceptors (Lipinski definition) is 4. The van der Waals surface area contributed by atoms with Gasteiger partial charge in [0.05, 0.1) is 16.3 Å². The van der Waals surface area contributed by atoms with Crippen molar-refractivity contribution in [1.82, 2.24) is 0 Å². The third-order valence-corrected chi connectivity index (χ3v) is 4.59. The van der Waals surface area contributed by atoms with Crippen LogP contribution in [0, 0.1) is 0 Å². The molecule has 0 radical (unpaired) electrons. The van der Waals surface area contributed by atoms with E-state index < -0.39 is 27.1 Å². The molecule has 9 heteroatoms. The Labute approximate surface area is 120 Å². The summed E-state index contributed by atoms with van der Waals surface area (Å²) >= 11 is 5.94. The normalized spacial score (nSPS) is 19.4. The minimum absolute atomic E-state index is 0.0200. The van der Waals surface area contributed by atoms with Crippen LogP contribution in [0.1, 0.15) is 16.8 Å². The number of carbonyl (C=O) groups excluding carboxylic acids is 1. The van der Waals surface area contributed by atoms with Crippen LogP contribution in [-0.2, 0) is 14.8 Å². The van der Waals surface area contributed by atoms with Crippen LogP contribution in [0.5, 0.6) is 0 Å². The van der Waals surface area contributed by atoms with E-state index in [-0.39, 0.29) is 29.2 Å². The number of carboxylic acids is 1. The number of rotatable bonds is 3. The van der Waals surface area contributed by atoms with Crippen molar-refractivity contribution in [1.29, 1.82) is 0 Å². The van der Waals surface area contributed by atoms with E-state index in [0.717, 1.165) is 0 Å². The fourth-order valence-corrected chi connectivity index (χ4v) is 3.00. The molecule has 1 aliphatic heterocycles. The molecule has 108 valence electrons. The molecule has 3 N–H and O–H groups in total. The van der Waals surface area contributed by atoms with Crippen molar-refractivity contribution >= 4 is 39.2 Å². The topological polar surface area (TPSA) is 118 Å². The Balaban J connectivity index is 2.33. The number of benzene rings is 1. The molecule has 1 atom stereocenters. The van der Waals surface area contributed by atoms with Crippen LogP contribution < -0.4 is 10.0 Å². The van der Waals surface area contributed by atoms with Crippen LogP contribution in [-0.4, -0.2) is 37.2 Å². The van der Waals surface area contributed by atoms with Gasteiger partial charge in [0.15, 0.2) is 0 Å². The number of nitrogens with zero attached hydrogens (tertiary/aromatic N) is 1. The molecule has 1 fully saturated rings. The first-order valence-corrected chi connectivity index (χ1v) is 7.53. The Morgan fingerprint density at radius 3 is 2.55 bits per heavy atom. The third-order valence-electron chi connectivity index (χ3n) is 3.04. The number of halogens is 1. The van der Waals surface area contributed by atoms with Gasteiger partial charge in [-0.1, -0.05) is 11.6 Å². The fraction of sp³-hybridized carbons (Fsp3) is 0.273. The SMILES string of the molecule is NS(=O)(=O)C1CC(=O)N(c2ccc(C(=O)O)cc2Cl)C1. The van der Waals surface area contributed by atoms with E-state index in [1.165, 1.54) is 23.1 Å². The van der Waals surface area contributed by atoms with Crippen LogP contribution in [0.3, 0.4) is 0 Å². The summed E-state index contributed by atoms with van der Waals surface area (Å²) in [5, 5.41) is 12.9. The predicted octanol–water partition coefficient (Wildman–Crippen LogP) is 0.432. The highest BCUT2D eigenvalue weighted by atomic mass is 35.5. The Kier molecular flexibility index (Phi) is 3.72. The second-order valence-electron chi connectivity index (χ2n) is 4.39. The zero-order chi connectivity index (χ0) is 15.1. The lowest BCUT2D eigenvalue weighted by molar-refractivity contribution is -0.117. The molecule has 1 aromatic rings. The van der Waals surface area contributed by atoms with Crippen LogP contribution >= 0.6 is 11.6 Å². The van der Waals surface area contributed by atoms with E-state index in [4.69, 9.17) is 21.8 Å². The largest absolute Gasteiger partial charge is 0.478 e. The molecule has 1 saturated heterocycles. The van der Waals surface area contributed by atoms with Gasteiger partial charge < -0.3 is 10.0 Å². The molecule has 1 unspecified atom stereocenters. The number of nitrogens with two attached hydrogens (primary N) is 1. The van der Waals surface area contributed by atoms with Gasteiger partial charge in [0.25, 0.3) is 0 Å². The highest BCUT2D eigenvalue weighted by Gasteiger charge is 2.37. The van der Waals surface area contributed by atoms with Gasteiger partial charge in [-0.3, -0.25) is 4.79 Å². The summed E-state index contributed by atoms with van der Waals surface area (Å²) in [4.78, 5) is 23.8. The summed E-state index contributed by atoms with van der Waals surface area (Å²) in [6.07, 6.45) is -0.212. The van der Waals surface area contributed by atoms with Gasteiger partial charge >= 0.3 is 5.97 Å². The molecule has 2 rings (SSSR count). The molecule has 0 aliphatic carbocycles. The van der Waals surface area contributed by atoms with Gasteiger partial charge in [0.2, 0.25) is 15.9 Å². The maximum absolute atomic E-state index is 11.8. The van der Waals surface area contributed by atoms with E-state index in [9.17, 15) is 18.0 Å². The van der Waals surface area contributed by atoms with Crippen molar-refractivity contribution in [3.05, 3.63) is 28.8 Å². The van der Waals surface area contributed by atoms with Gasteiger partial charge in [-0.15, -0.1) is 0 Å². The number of hydrogen-bond donors (Lipinski definition) is 2. The molecule has 0 saturated carbocycles. The number of sulfonamides is 1. The van der Waals surface area contributed by atoms with Crippen molar-refractivity contribution < 1.29 is 23.1 Å². The average molecular weight is 319 g/mol. The summed E-state index contributed by atoms with van der Waals surface area (Å²) in [6, 6.07) is 3.87. The van der Waals surface area contributed by atoms with Gasteiger partial charge in [-0.25, -0.2) is 18.4 Å². The molecule has 0 bridgehead atoms. The molecule has 7 nitrogen and oxygen atoms in total. The van der Waals surface area contributed by atoms with Crippen molar-refractivity contribution in [3.63, 3.8) is 0 Å². The van der Waals surface area contributed by atoms with Crippen molar-refractivity contribution in [2.75, 3.05) is 11.4 Å². The standard InChI is InChI=1S/C11H11ClN2O5S/c12-8-3-6(11(16)17)1-2-9(8)14-5-7(4-10(14)15)20(13,18)19/h1-3,7H,4-5H2,(H,16,17)(H2,13,18,19). The smallest absolute Gasteiger partial charge is 0.335 e. The van der Waals surface area contributed by atoms with E-state index >= 15 is 0 Å². The summed E-state index contributed by atoms with van der Waals surface area (Å²) < 4.78 is 22.5. The zero-order valence-electron chi connectivity index (χ0n) is 10.1. The predicted molar refractivity (Wildman–Crippen MR) is 72.3 cm³/mol. The quantitative estimate of drug-likeness (QED) is 0.838. The van der Waals surface area contributed by atoms with Gasteiger partial charge in [0, 0.05) is 13.0 Å². The fourth-order valence-electron chi connectivity index (χ4n) is 1.99. The lowest BCUT2D eigenvalue weighted by Crippen LogP contribution is -2.32. The Bertz CT molecular complexity index is 688. The van der Waals surface area contributed by atoms with Crippen LogP contribution in [0.25, 0.3) is 0 Å². The number of anilines is 1. The van der Waals surface area contributed by atoms with Gasteiger partial charge in [0.1, 0.15) is 5.25 Å². The number of carboxylic acid groups (broad SMARTS) is 1. The minimum Gasteiger partial charge on any atom is -0.478 e. The van der Waals surface area contributed by atoms with Crippen LogP contribution in [0.4, 0.5) is 5.69 Å². The first-order valence-electron chi connectivity index (χ1n) is 5.55. The lowest BCUT2D eigenvalue weighted by atomic mass is 10.2. The second-order valence-corrected chi connectivity index (χ2v) is 6.64. The number of carbonyl (C=O) groups is 2. The van der Waals surface area contributed by atoms with E-state index in [1.54, 1.807) is 0 Å². The molecule has 1 amide bonds. The molecule has 1 heterocycles. The Hall–Kier alpha value is -1.64. The third kappa shape index (κ3) is 2.77. The van der Waals surface area contributed by atoms with Gasteiger partial charge in [-0.2, -0.15) is 0 Å². The number of primary sulfonamides is 1. The molecule has 20 heavy (non-hydrogen) atoms. The van der Waals surface area contributed by atoms with E-state index in [2.05, 4.69) is 0 Å². The molecule has 1 aromatic carbocycles. The van der Waals surface area contributed by atoms with Gasteiger partial charge in [-0.05, 0) is 18.2 Å². The van der Waals surface area contributed by atoms with Crippen molar-refractivity contribution in [2.24, 2.45) is 5.14 Å². The number of aromatic carboxylic acids is 1. The van der Waals surface area contributed by atoms with Crippen LogP contribution in [0.2, 0.25) is 5.02 Å². The van der Waals surface area contributed by atoms with E-state index in [0.29, 0.717) is 0 Å². The summed E-state index contributed by atoms with van der Waals surface area (Å²) in [7, 11) is -3.81. The average Bonchev–Trinajstić information content (AvgIpc) is 2.71. The Morgan fingerprint density at radius 1 is 1.45 bits per heavy atom. The molecule has 0 aromatic heterocycles. The molecule has 0 spiro atoms. The number of amides is 1. The Morgan fingerprint density at radius 2 is 2.10 bits per heavy atom. The monoisotopic (exact) mass is 318 g/mol. The summed E-state index contributed by atoms with van der Waals surface area (Å²) in [5.74, 6) is -1.57. The highest BCUT2D eigenvalue weighted by Crippen LogP contribution is 2.31. The second kappa shape index (κ2) is 5.04. The minimum atomic E-state index is -3.81.